The van der Waals surface area contributed by atoms with Crippen LogP contribution in [0.2, 0.25) is 0 Å². The molecule has 0 aromatic carbocycles. The van der Waals surface area contributed by atoms with Crippen molar-refractivity contribution >= 4 is 29.9 Å². The number of amides is 3. The lowest BCUT2D eigenvalue weighted by Crippen LogP contribution is -2.48. The number of carbonyl (C=O) groups excluding carboxylic acids is 3. The molecule has 1 aliphatic carbocycles. The summed E-state index contributed by atoms with van der Waals surface area (Å²) in [5.74, 6) is 0.882. The van der Waals surface area contributed by atoms with Crippen molar-refractivity contribution in [3.05, 3.63) is 41.2 Å². The van der Waals surface area contributed by atoms with Crippen molar-refractivity contribution in [3.8, 4) is 11.8 Å². The number of ether oxygens (including phenoxy) is 1. The van der Waals surface area contributed by atoms with Gasteiger partial charge < -0.3 is 9.64 Å². The van der Waals surface area contributed by atoms with Gasteiger partial charge in [-0.1, -0.05) is 6.07 Å². The van der Waals surface area contributed by atoms with Crippen molar-refractivity contribution < 1.29 is 19.1 Å². The van der Waals surface area contributed by atoms with E-state index in [9.17, 15) is 19.6 Å². The van der Waals surface area contributed by atoms with Gasteiger partial charge in [0.25, 0.3) is 0 Å². The minimum absolute atomic E-state index is 0.00707. The van der Waals surface area contributed by atoms with Crippen molar-refractivity contribution in [2.24, 2.45) is 0 Å². The number of hydrogen-bond donors (Lipinski definition) is 1. The van der Waals surface area contributed by atoms with E-state index >= 15 is 0 Å². The maximum Gasteiger partial charge on any atom is 0.328 e. The highest BCUT2D eigenvalue weighted by Gasteiger charge is 2.24. The molecule has 2 fully saturated rings. The molecular formula is C25H29N7O4. The maximum atomic E-state index is 12.9. The van der Waals surface area contributed by atoms with E-state index in [-0.39, 0.29) is 35.9 Å². The van der Waals surface area contributed by atoms with Gasteiger partial charge in [0.1, 0.15) is 34.7 Å². The molecule has 2 aliphatic rings. The standard InChI is InChI=1S/C25H29N7O4/c1-30-9-10-32(24(34)15-30)14-17-7-8-23(28-20(17)16-33)31(2)25(35)29-22-11-21(18(12-26)13-27-22)36-19-5-3-4-6-19/h7-8,11,13,16,19H,3-6,9-10,14-15H2,1-2H3,(H,27,29,35). The molecule has 0 atom stereocenters. The Balaban J connectivity index is 1.45. The topological polar surface area (TPSA) is 132 Å². The number of nitriles is 1. The maximum absolute atomic E-state index is 12.9. The summed E-state index contributed by atoms with van der Waals surface area (Å²) in [6.07, 6.45) is 6.09. The first kappa shape index (κ1) is 25.1. The largest absolute Gasteiger partial charge is 0.489 e. The van der Waals surface area contributed by atoms with Gasteiger partial charge in [0.05, 0.1) is 18.8 Å². The minimum Gasteiger partial charge on any atom is -0.489 e. The molecule has 3 amide bonds. The Morgan fingerprint density at radius 3 is 2.81 bits per heavy atom. The fourth-order valence-electron chi connectivity index (χ4n) is 4.28. The molecule has 2 aromatic rings. The predicted octanol–water partition coefficient (Wildman–Crippen LogP) is 2.42. The van der Waals surface area contributed by atoms with Crippen LogP contribution in [0, 0.1) is 11.3 Å². The van der Waals surface area contributed by atoms with Crippen LogP contribution in [0.1, 0.15) is 47.3 Å². The molecule has 2 aromatic heterocycles. The van der Waals surface area contributed by atoms with Crippen LogP contribution in [0.25, 0.3) is 0 Å². The van der Waals surface area contributed by atoms with Crippen LogP contribution in [0.15, 0.2) is 24.4 Å². The fourth-order valence-corrected chi connectivity index (χ4v) is 4.28. The van der Waals surface area contributed by atoms with Gasteiger partial charge in [-0.25, -0.2) is 14.8 Å². The molecule has 4 rings (SSSR count). The number of anilines is 2. The number of likely N-dealkylation sites (N-methyl/N-ethyl adjacent to an activating group) is 1. The molecule has 1 N–H and O–H groups in total. The van der Waals surface area contributed by atoms with Crippen LogP contribution in [0.4, 0.5) is 16.4 Å². The molecule has 11 heteroatoms. The zero-order valence-electron chi connectivity index (χ0n) is 20.4. The minimum atomic E-state index is -0.523. The van der Waals surface area contributed by atoms with Crippen LogP contribution in [-0.2, 0) is 11.3 Å². The Labute approximate surface area is 209 Å². The Morgan fingerprint density at radius 2 is 2.11 bits per heavy atom. The second kappa shape index (κ2) is 11.1. The number of carbonyl (C=O) groups is 3. The fraction of sp³-hybridized carbons (Fsp3) is 0.440. The summed E-state index contributed by atoms with van der Waals surface area (Å²) in [5, 5.41) is 12.1. The van der Waals surface area contributed by atoms with E-state index in [0.717, 1.165) is 32.2 Å². The second-order valence-electron chi connectivity index (χ2n) is 9.08. The average molecular weight is 492 g/mol. The molecule has 0 unspecified atom stereocenters. The monoisotopic (exact) mass is 491 g/mol. The Morgan fingerprint density at radius 1 is 1.33 bits per heavy atom. The summed E-state index contributed by atoms with van der Waals surface area (Å²) in [6, 6.07) is 6.42. The van der Waals surface area contributed by atoms with Crippen molar-refractivity contribution in [1.82, 2.24) is 19.8 Å². The highest BCUT2D eigenvalue weighted by atomic mass is 16.5. The zero-order valence-corrected chi connectivity index (χ0v) is 20.4. The van der Waals surface area contributed by atoms with E-state index in [1.807, 2.05) is 11.9 Å². The number of urea groups is 1. The third kappa shape index (κ3) is 5.78. The molecule has 3 heterocycles. The first-order valence-electron chi connectivity index (χ1n) is 11.9. The van der Waals surface area contributed by atoms with Crippen LogP contribution >= 0.6 is 0 Å². The Bertz CT molecular complexity index is 1190. The van der Waals surface area contributed by atoms with E-state index in [2.05, 4.69) is 21.4 Å². The highest BCUT2D eigenvalue weighted by Crippen LogP contribution is 2.28. The van der Waals surface area contributed by atoms with E-state index in [1.54, 1.807) is 23.1 Å². The molecule has 1 aliphatic heterocycles. The summed E-state index contributed by atoms with van der Waals surface area (Å²) in [5.41, 5.74) is 1.09. The molecule has 11 nitrogen and oxygen atoms in total. The summed E-state index contributed by atoms with van der Waals surface area (Å²) < 4.78 is 5.97. The smallest absolute Gasteiger partial charge is 0.328 e. The summed E-state index contributed by atoms with van der Waals surface area (Å²) in [7, 11) is 3.41. The van der Waals surface area contributed by atoms with E-state index < -0.39 is 6.03 Å². The average Bonchev–Trinajstić information content (AvgIpc) is 3.38. The van der Waals surface area contributed by atoms with E-state index in [1.165, 1.54) is 18.1 Å². The van der Waals surface area contributed by atoms with Gasteiger partial charge in [0.15, 0.2) is 6.29 Å². The number of rotatable bonds is 7. The molecule has 0 bridgehead atoms. The lowest BCUT2D eigenvalue weighted by molar-refractivity contribution is -0.136. The molecule has 0 radical (unpaired) electrons. The van der Waals surface area contributed by atoms with Gasteiger partial charge in [-0.3, -0.25) is 24.7 Å². The number of nitrogens with one attached hydrogen (secondary N) is 1. The van der Waals surface area contributed by atoms with Gasteiger partial charge in [0.2, 0.25) is 5.91 Å². The van der Waals surface area contributed by atoms with Crippen molar-refractivity contribution in [2.75, 3.05) is 43.9 Å². The van der Waals surface area contributed by atoms with Gasteiger partial charge in [-0.05, 0) is 38.8 Å². The van der Waals surface area contributed by atoms with Crippen molar-refractivity contribution in [1.29, 1.82) is 5.26 Å². The lowest BCUT2D eigenvalue weighted by atomic mass is 10.1. The highest BCUT2D eigenvalue weighted by molar-refractivity contribution is 6.00. The summed E-state index contributed by atoms with van der Waals surface area (Å²) >= 11 is 0. The first-order chi connectivity index (χ1) is 17.4. The normalized spacial score (nSPS) is 16.5. The SMILES string of the molecule is CN1CCN(Cc2ccc(N(C)C(=O)Nc3cc(OC4CCCC4)c(C#N)cn3)nc2C=O)C(=O)C1. The van der Waals surface area contributed by atoms with Crippen LogP contribution in [0.5, 0.6) is 5.75 Å². The van der Waals surface area contributed by atoms with Crippen LogP contribution in [-0.4, -0.2) is 77.8 Å². The Hall–Kier alpha value is -4.04. The third-order valence-electron chi connectivity index (χ3n) is 6.45. The number of aromatic nitrogens is 2. The quantitative estimate of drug-likeness (QED) is 0.584. The van der Waals surface area contributed by atoms with Crippen molar-refractivity contribution in [3.63, 3.8) is 0 Å². The van der Waals surface area contributed by atoms with Gasteiger partial charge in [0, 0.05) is 38.3 Å². The third-order valence-corrected chi connectivity index (χ3v) is 6.45. The molecule has 0 spiro atoms. The predicted molar refractivity (Wildman–Crippen MR) is 132 cm³/mol. The van der Waals surface area contributed by atoms with Gasteiger partial charge in [-0.15, -0.1) is 0 Å². The van der Waals surface area contributed by atoms with Crippen LogP contribution in [0.3, 0.4) is 0 Å². The molecule has 1 saturated heterocycles. The van der Waals surface area contributed by atoms with Crippen LogP contribution < -0.4 is 15.0 Å². The number of pyridine rings is 2. The summed E-state index contributed by atoms with van der Waals surface area (Å²) in [6.45, 7) is 1.94. The van der Waals surface area contributed by atoms with E-state index in [0.29, 0.717) is 36.3 Å². The number of piperazine rings is 1. The number of nitrogens with zero attached hydrogens (tertiary/aromatic N) is 6. The summed E-state index contributed by atoms with van der Waals surface area (Å²) in [4.78, 5) is 50.3. The molecule has 1 saturated carbocycles. The molecule has 36 heavy (non-hydrogen) atoms. The number of aldehydes is 1. The Kier molecular flexibility index (Phi) is 7.75. The second-order valence-corrected chi connectivity index (χ2v) is 9.08. The van der Waals surface area contributed by atoms with Crippen molar-refractivity contribution in [2.45, 2.75) is 38.3 Å². The lowest BCUT2D eigenvalue weighted by Gasteiger charge is -2.32. The van der Waals surface area contributed by atoms with Gasteiger partial charge >= 0.3 is 6.03 Å². The molecular weight excluding hydrogens is 462 g/mol. The zero-order chi connectivity index (χ0) is 25.7. The van der Waals surface area contributed by atoms with E-state index in [4.69, 9.17) is 4.74 Å². The number of hydrogen-bond acceptors (Lipinski definition) is 8. The first-order valence-corrected chi connectivity index (χ1v) is 11.9. The van der Waals surface area contributed by atoms with Gasteiger partial charge in [-0.2, -0.15) is 5.26 Å². The molecule has 188 valence electrons.